The maximum atomic E-state index is 12.0. The molecule has 0 atom stereocenters. The number of hydrogen-bond acceptors (Lipinski definition) is 4. The molecule has 1 amide bonds. The lowest BCUT2D eigenvalue weighted by Crippen LogP contribution is -2.33. The van der Waals surface area contributed by atoms with Crippen molar-refractivity contribution in [2.45, 2.75) is 75.5 Å². The van der Waals surface area contributed by atoms with Crippen molar-refractivity contribution in [2.24, 2.45) is 0 Å². The third kappa shape index (κ3) is 3.59. The van der Waals surface area contributed by atoms with Crippen LogP contribution in [0, 0.1) is 0 Å². The Hall–Kier alpha value is -1.04. The van der Waals surface area contributed by atoms with Gasteiger partial charge in [0.1, 0.15) is 5.82 Å². The molecule has 2 aliphatic carbocycles. The number of nitrogens with zero attached hydrogens (tertiary/aromatic N) is 3. The summed E-state index contributed by atoms with van der Waals surface area (Å²) in [4.78, 5) is 12.0. The average molecular weight is 308 g/mol. The van der Waals surface area contributed by atoms with Crippen molar-refractivity contribution >= 4 is 17.7 Å². The van der Waals surface area contributed by atoms with Gasteiger partial charge >= 0.3 is 0 Å². The molecule has 116 valence electrons. The number of thioether (sulfide) groups is 1. The minimum absolute atomic E-state index is 0.128. The molecule has 21 heavy (non-hydrogen) atoms. The first-order valence-electron chi connectivity index (χ1n) is 8.02. The van der Waals surface area contributed by atoms with Crippen molar-refractivity contribution in [2.75, 3.05) is 5.75 Å². The molecular formula is C15H24N4OS. The summed E-state index contributed by atoms with van der Waals surface area (Å²) < 4.78 is 2.25. The van der Waals surface area contributed by atoms with Crippen LogP contribution in [-0.2, 0) is 4.79 Å². The lowest BCUT2D eigenvalue weighted by Gasteiger charge is -2.12. The smallest absolute Gasteiger partial charge is 0.230 e. The molecule has 0 bridgehead atoms. The summed E-state index contributed by atoms with van der Waals surface area (Å²) in [7, 11) is 0. The lowest BCUT2D eigenvalue weighted by molar-refractivity contribution is -0.119. The molecule has 2 saturated carbocycles. The Morgan fingerprint density at radius 2 is 2.00 bits per heavy atom. The summed E-state index contributed by atoms with van der Waals surface area (Å²) in [6.45, 7) is 4.29. The van der Waals surface area contributed by atoms with Crippen LogP contribution in [-0.4, -0.2) is 32.5 Å². The van der Waals surface area contributed by atoms with E-state index in [0.29, 0.717) is 23.8 Å². The summed E-state index contributed by atoms with van der Waals surface area (Å²) in [6.07, 6.45) is 7.16. The maximum Gasteiger partial charge on any atom is 0.230 e. The van der Waals surface area contributed by atoms with Gasteiger partial charge < -0.3 is 9.88 Å². The number of carbonyl (C=O) groups excluding carboxylic acids is 1. The monoisotopic (exact) mass is 308 g/mol. The van der Waals surface area contributed by atoms with E-state index in [2.05, 4.69) is 33.9 Å². The minimum atomic E-state index is 0.128. The Balaban J connectivity index is 1.58. The van der Waals surface area contributed by atoms with Crippen LogP contribution >= 0.6 is 11.8 Å². The van der Waals surface area contributed by atoms with E-state index in [-0.39, 0.29) is 5.91 Å². The van der Waals surface area contributed by atoms with E-state index >= 15 is 0 Å². The predicted molar refractivity (Wildman–Crippen MR) is 83.5 cm³/mol. The fraction of sp³-hybridized carbons (Fsp3) is 0.800. The number of amides is 1. The zero-order valence-corrected chi connectivity index (χ0v) is 13.7. The van der Waals surface area contributed by atoms with Crippen molar-refractivity contribution in [1.82, 2.24) is 20.1 Å². The molecule has 2 fully saturated rings. The molecule has 0 saturated heterocycles. The second kappa shape index (κ2) is 6.38. The normalized spacial score (nSPS) is 19.4. The van der Waals surface area contributed by atoms with Crippen LogP contribution in [0.15, 0.2) is 5.16 Å². The maximum absolute atomic E-state index is 12.0. The van der Waals surface area contributed by atoms with E-state index < -0.39 is 0 Å². The van der Waals surface area contributed by atoms with E-state index in [1.807, 2.05) is 0 Å². The number of rotatable bonds is 6. The summed E-state index contributed by atoms with van der Waals surface area (Å²) >= 11 is 1.52. The third-order valence-electron chi connectivity index (χ3n) is 4.17. The van der Waals surface area contributed by atoms with Gasteiger partial charge in [-0.25, -0.2) is 0 Å². The highest BCUT2D eigenvalue weighted by Crippen LogP contribution is 2.40. The molecule has 6 heteroatoms. The van der Waals surface area contributed by atoms with Crippen LogP contribution < -0.4 is 5.32 Å². The summed E-state index contributed by atoms with van der Waals surface area (Å²) in [6, 6.07) is 0.948. The van der Waals surface area contributed by atoms with Crippen LogP contribution in [0.2, 0.25) is 0 Å². The van der Waals surface area contributed by atoms with Gasteiger partial charge in [0.2, 0.25) is 5.91 Å². The number of hydrogen-bond donors (Lipinski definition) is 1. The van der Waals surface area contributed by atoms with Crippen LogP contribution in [0.1, 0.15) is 70.2 Å². The molecule has 5 nitrogen and oxygen atoms in total. The van der Waals surface area contributed by atoms with Crippen LogP contribution in [0.4, 0.5) is 0 Å². The number of nitrogens with one attached hydrogen (secondary N) is 1. The molecule has 0 unspecified atom stereocenters. The van der Waals surface area contributed by atoms with Gasteiger partial charge in [-0.05, 0) is 25.7 Å². The predicted octanol–water partition coefficient (Wildman–Crippen LogP) is 2.89. The van der Waals surface area contributed by atoms with Gasteiger partial charge in [0.15, 0.2) is 5.16 Å². The highest BCUT2D eigenvalue weighted by Gasteiger charge is 2.30. The molecule has 0 aliphatic heterocycles. The van der Waals surface area contributed by atoms with Gasteiger partial charge in [-0.15, -0.1) is 10.2 Å². The molecule has 2 aliphatic rings. The molecule has 0 aromatic carbocycles. The Kier molecular flexibility index (Phi) is 4.52. The van der Waals surface area contributed by atoms with E-state index in [1.54, 1.807) is 0 Å². The Morgan fingerprint density at radius 3 is 2.62 bits per heavy atom. The minimum Gasteiger partial charge on any atom is -0.353 e. The van der Waals surface area contributed by atoms with Crippen LogP contribution in [0.25, 0.3) is 0 Å². The van der Waals surface area contributed by atoms with Gasteiger partial charge in [-0.1, -0.05) is 38.5 Å². The van der Waals surface area contributed by atoms with Crippen molar-refractivity contribution < 1.29 is 4.79 Å². The van der Waals surface area contributed by atoms with Gasteiger partial charge in [0.05, 0.1) is 5.75 Å². The SMILES string of the molecule is CC(C)c1nnc(SCC(=O)NC2CCCC2)n1C1CC1. The molecule has 0 radical (unpaired) electrons. The van der Waals surface area contributed by atoms with Crippen molar-refractivity contribution in [3.63, 3.8) is 0 Å². The molecular weight excluding hydrogens is 284 g/mol. The summed E-state index contributed by atoms with van der Waals surface area (Å²) in [5.41, 5.74) is 0. The second-order valence-electron chi connectivity index (χ2n) is 6.43. The average Bonchev–Trinajstić information content (AvgIpc) is 2.99. The standard InChI is InChI=1S/C15H24N4OS/c1-10(2)14-17-18-15(19(14)12-7-8-12)21-9-13(20)16-11-5-3-4-6-11/h10-12H,3-9H2,1-2H3,(H,16,20). The van der Waals surface area contributed by atoms with Gasteiger partial charge in [-0.3, -0.25) is 4.79 Å². The Bertz CT molecular complexity index is 504. The quantitative estimate of drug-likeness (QED) is 0.821. The summed E-state index contributed by atoms with van der Waals surface area (Å²) in [5.74, 6) is 2.00. The van der Waals surface area contributed by atoms with E-state index in [4.69, 9.17) is 0 Å². The van der Waals surface area contributed by atoms with Crippen molar-refractivity contribution in [1.29, 1.82) is 0 Å². The second-order valence-corrected chi connectivity index (χ2v) is 7.38. The molecule has 1 aromatic heterocycles. The molecule has 3 rings (SSSR count). The van der Waals surface area contributed by atoms with E-state index in [1.165, 1.54) is 37.4 Å². The first kappa shape index (κ1) is 14.9. The van der Waals surface area contributed by atoms with E-state index in [9.17, 15) is 4.79 Å². The highest BCUT2D eigenvalue weighted by molar-refractivity contribution is 7.99. The fourth-order valence-electron chi connectivity index (χ4n) is 2.93. The fourth-order valence-corrected chi connectivity index (χ4v) is 3.75. The van der Waals surface area contributed by atoms with E-state index in [0.717, 1.165) is 23.8 Å². The summed E-state index contributed by atoms with van der Waals surface area (Å²) in [5, 5.41) is 12.6. The van der Waals surface area contributed by atoms with Gasteiger partial charge in [0, 0.05) is 18.0 Å². The topological polar surface area (TPSA) is 59.8 Å². The van der Waals surface area contributed by atoms with Crippen molar-refractivity contribution in [3.05, 3.63) is 5.82 Å². The largest absolute Gasteiger partial charge is 0.353 e. The number of aromatic nitrogens is 3. The molecule has 1 aromatic rings. The molecule has 1 N–H and O–H groups in total. The van der Waals surface area contributed by atoms with Crippen molar-refractivity contribution in [3.8, 4) is 0 Å². The first-order valence-corrected chi connectivity index (χ1v) is 9.00. The molecule has 0 spiro atoms. The van der Waals surface area contributed by atoms with Crippen LogP contribution in [0.3, 0.4) is 0 Å². The number of carbonyl (C=O) groups is 1. The lowest BCUT2D eigenvalue weighted by atomic mass is 10.2. The Morgan fingerprint density at radius 1 is 1.29 bits per heavy atom. The highest BCUT2D eigenvalue weighted by atomic mass is 32.2. The van der Waals surface area contributed by atoms with Crippen LogP contribution in [0.5, 0.6) is 0 Å². The third-order valence-corrected chi connectivity index (χ3v) is 5.12. The van der Waals surface area contributed by atoms with Gasteiger partial charge in [-0.2, -0.15) is 0 Å². The zero-order valence-electron chi connectivity index (χ0n) is 12.8. The van der Waals surface area contributed by atoms with Gasteiger partial charge in [0.25, 0.3) is 0 Å². The molecule has 1 heterocycles. The Labute approximate surface area is 130 Å². The zero-order chi connectivity index (χ0) is 14.8. The first-order chi connectivity index (χ1) is 10.1.